The molecule has 0 amide bonds. The molecule has 0 bridgehead atoms. The Hall–Kier alpha value is -1.23. The normalized spacial score (nSPS) is 11.8. The number of benzene rings is 2. The summed E-state index contributed by atoms with van der Waals surface area (Å²) >= 11 is 18.6. The Kier molecular flexibility index (Phi) is 7.60. The van der Waals surface area contributed by atoms with Crippen molar-refractivity contribution in [3.63, 3.8) is 0 Å². The average molecular weight is 418 g/mol. The Labute approximate surface area is 167 Å². The molecule has 1 heterocycles. The minimum absolute atomic E-state index is 0. The first kappa shape index (κ1) is 20.1. The summed E-state index contributed by atoms with van der Waals surface area (Å²) in [6, 6.07) is 13.0. The van der Waals surface area contributed by atoms with Gasteiger partial charge >= 0.3 is 0 Å². The molecule has 1 aromatic heterocycles. The van der Waals surface area contributed by atoms with Gasteiger partial charge in [-0.2, -0.15) is 0 Å². The lowest BCUT2D eigenvalue weighted by Crippen LogP contribution is -2.12. The second-order valence-corrected chi connectivity index (χ2v) is 6.57. The molecule has 1 atom stereocenters. The summed E-state index contributed by atoms with van der Waals surface area (Å²) in [5.41, 5.74) is 1.81. The molecule has 0 fully saturated rings. The summed E-state index contributed by atoms with van der Waals surface area (Å²) in [5.74, 6) is 0. The zero-order valence-corrected chi connectivity index (χ0v) is 16.2. The fourth-order valence-corrected chi connectivity index (χ4v) is 3.12. The van der Waals surface area contributed by atoms with E-state index in [2.05, 4.69) is 4.98 Å². The molecule has 0 saturated heterocycles. The van der Waals surface area contributed by atoms with Crippen LogP contribution in [0, 0.1) is 0 Å². The second kappa shape index (κ2) is 9.46. The molecule has 132 valence electrons. The third-order valence-corrected chi connectivity index (χ3v) is 4.57. The van der Waals surface area contributed by atoms with Crippen molar-refractivity contribution in [3.8, 4) is 0 Å². The van der Waals surface area contributed by atoms with Crippen LogP contribution < -0.4 is 0 Å². The van der Waals surface area contributed by atoms with Crippen LogP contribution in [-0.2, 0) is 17.9 Å². The lowest BCUT2D eigenvalue weighted by atomic mass is 10.1. The van der Waals surface area contributed by atoms with Crippen molar-refractivity contribution < 1.29 is 4.74 Å². The van der Waals surface area contributed by atoms with Gasteiger partial charge in [-0.1, -0.05) is 59.1 Å². The molecule has 0 aliphatic rings. The van der Waals surface area contributed by atoms with Crippen molar-refractivity contribution in [1.29, 1.82) is 0 Å². The minimum Gasteiger partial charge on any atom is -0.367 e. The summed E-state index contributed by atoms with van der Waals surface area (Å²) in [7, 11) is 0. The van der Waals surface area contributed by atoms with Gasteiger partial charge in [-0.15, -0.1) is 12.4 Å². The van der Waals surface area contributed by atoms with Gasteiger partial charge < -0.3 is 9.30 Å². The van der Waals surface area contributed by atoms with Crippen LogP contribution in [0.2, 0.25) is 15.1 Å². The zero-order valence-electron chi connectivity index (χ0n) is 13.1. The molecule has 0 radical (unpaired) electrons. The molecule has 2 aromatic carbocycles. The topological polar surface area (TPSA) is 27.1 Å². The first-order chi connectivity index (χ1) is 11.6. The van der Waals surface area contributed by atoms with Crippen LogP contribution in [0.15, 0.2) is 61.2 Å². The highest BCUT2D eigenvalue weighted by atomic mass is 35.5. The maximum Gasteiger partial charge on any atom is 0.102 e. The van der Waals surface area contributed by atoms with Crippen molar-refractivity contribution in [2.45, 2.75) is 19.3 Å². The lowest BCUT2D eigenvalue weighted by molar-refractivity contribution is 0.0281. The van der Waals surface area contributed by atoms with Crippen molar-refractivity contribution in [3.05, 3.63) is 87.4 Å². The molecule has 3 aromatic rings. The smallest absolute Gasteiger partial charge is 0.102 e. The van der Waals surface area contributed by atoms with Crippen LogP contribution in [-0.4, -0.2) is 9.55 Å². The van der Waals surface area contributed by atoms with Gasteiger partial charge in [0.15, 0.2) is 0 Å². The van der Waals surface area contributed by atoms with Gasteiger partial charge in [0.05, 0.1) is 19.5 Å². The fraction of sp³-hybridized carbons (Fsp3) is 0.167. The quantitative estimate of drug-likeness (QED) is 0.475. The third kappa shape index (κ3) is 5.37. The lowest BCUT2D eigenvalue weighted by Gasteiger charge is -2.20. The Bertz CT molecular complexity index is 809. The first-order valence-electron chi connectivity index (χ1n) is 7.39. The molecule has 25 heavy (non-hydrogen) atoms. The molecular weight excluding hydrogens is 402 g/mol. The van der Waals surface area contributed by atoms with Crippen molar-refractivity contribution in [2.75, 3.05) is 0 Å². The van der Waals surface area contributed by atoms with Gasteiger partial charge in [0.2, 0.25) is 0 Å². The van der Waals surface area contributed by atoms with E-state index in [1.165, 1.54) is 0 Å². The second-order valence-electron chi connectivity index (χ2n) is 5.32. The summed E-state index contributed by atoms with van der Waals surface area (Å²) < 4.78 is 8.08. The highest BCUT2D eigenvalue weighted by Crippen LogP contribution is 2.31. The largest absolute Gasteiger partial charge is 0.367 e. The number of imidazole rings is 1. The third-order valence-electron chi connectivity index (χ3n) is 3.64. The van der Waals surface area contributed by atoms with E-state index in [4.69, 9.17) is 39.5 Å². The molecule has 3 rings (SSSR count). The SMILES string of the molecule is Cl.Clc1ccc(C(Cn2ccnc2)OCc2ccccc2Cl)c(Cl)c1. The van der Waals surface area contributed by atoms with Gasteiger partial charge in [0, 0.05) is 33.0 Å². The van der Waals surface area contributed by atoms with E-state index >= 15 is 0 Å². The van der Waals surface area contributed by atoms with E-state index in [0.717, 1.165) is 11.1 Å². The number of hydrogen-bond acceptors (Lipinski definition) is 2. The molecule has 1 unspecified atom stereocenters. The Morgan fingerprint density at radius 1 is 1.04 bits per heavy atom. The van der Waals surface area contributed by atoms with Gasteiger partial charge in [0.25, 0.3) is 0 Å². The van der Waals surface area contributed by atoms with Gasteiger partial charge in [0.1, 0.15) is 6.10 Å². The van der Waals surface area contributed by atoms with Crippen LogP contribution in [0.3, 0.4) is 0 Å². The van der Waals surface area contributed by atoms with Crippen LogP contribution in [0.4, 0.5) is 0 Å². The molecule has 0 spiro atoms. The van der Waals surface area contributed by atoms with Crippen LogP contribution in [0.25, 0.3) is 0 Å². The summed E-state index contributed by atoms with van der Waals surface area (Å²) in [6.07, 6.45) is 5.11. The maximum absolute atomic E-state index is 6.36. The minimum atomic E-state index is -0.250. The predicted octanol–water partition coefficient (Wildman–Crippen LogP) is 6.22. The van der Waals surface area contributed by atoms with Crippen molar-refractivity contribution in [2.24, 2.45) is 0 Å². The van der Waals surface area contributed by atoms with Crippen molar-refractivity contribution in [1.82, 2.24) is 9.55 Å². The summed E-state index contributed by atoms with van der Waals surface area (Å²) in [5, 5.41) is 1.85. The predicted molar refractivity (Wildman–Crippen MR) is 105 cm³/mol. The van der Waals surface area contributed by atoms with E-state index < -0.39 is 0 Å². The maximum atomic E-state index is 6.36. The number of nitrogens with zero attached hydrogens (tertiary/aromatic N) is 2. The molecule has 0 aliphatic heterocycles. The highest BCUT2D eigenvalue weighted by molar-refractivity contribution is 6.35. The number of rotatable bonds is 6. The molecule has 0 saturated carbocycles. The number of halogens is 4. The van der Waals surface area contributed by atoms with Crippen LogP contribution in [0.1, 0.15) is 17.2 Å². The average Bonchev–Trinajstić information content (AvgIpc) is 3.06. The van der Waals surface area contributed by atoms with Crippen molar-refractivity contribution >= 4 is 47.2 Å². The highest BCUT2D eigenvalue weighted by Gasteiger charge is 2.17. The summed E-state index contributed by atoms with van der Waals surface area (Å²) in [4.78, 5) is 4.07. The molecule has 0 N–H and O–H groups in total. The van der Waals surface area contributed by atoms with E-state index in [1.54, 1.807) is 18.6 Å². The molecular formula is C18H16Cl4N2O. The molecule has 0 aliphatic carbocycles. The summed E-state index contributed by atoms with van der Waals surface area (Å²) in [6.45, 7) is 0.976. The van der Waals surface area contributed by atoms with E-state index in [9.17, 15) is 0 Å². The zero-order chi connectivity index (χ0) is 16.9. The number of aromatic nitrogens is 2. The standard InChI is InChI=1S/C18H15Cl3N2O.ClH/c19-14-5-6-15(17(21)9-14)18(10-23-8-7-22-12-23)24-11-13-3-1-2-4-16(13)20;/h1-9,12,18H,10-11H2;1H. The Morgan fingerprint density at radius 2 is 1.84 bits per heavy atom. The van der Waals surface area contributed by atoms with Crippen LogP contribution >= 0.6 is 47.2 Å². The monoisotopic (exact) mass is 416 g/mol. The number of ether oxygens (including phenoxy) is 1. The molecule has 7 heteroatoms. The first-order valence-corrected chi connectivity index (χ1v) is 8.52. The Balaban J connectivity index is 0.00000225. The van der Waals surface area contributed by atoms with Gasteiger partial charge in [-0.25, -0.2) is 4.98 Å². The van der Waals surface area contributed by atoms with Gasteiger partial charge in [-0.3, -0.25) is 0 Å². The molecule has 3 nitrogen and oxygen atoms in total. The van der Waals surface area contributed by atoms with E-state index in [0.29, 0.717) is 28.2 Å². The Morgan fingerprint density at radius 3 is 2.52 bits per heavy atom. The van der Waals surface area contributed by atoms with E-state index in [1.807, 2.05) is 47.2 Å². The van der Waals surface area contributed by atoms with Gasteiger partial charge in [-0.05, 0) is 23.8 Å². The van der Waals surface area contributed by atoms with Crippen LogP contribution in [0.5, 0.6) is 0 Å². The number of hydrogen-bond donors (Lipinski definition) is 0. The van der Waals surface area contributed by atoms with E-state index in [-0.39, 0.29) is 18.5 Å². The fourth-order valence-electron chi connectivity index (χ4n) is 2.40.